The van der Waals surface area contributed by atoms with Gasteiger partial charge in [-0.2, -0.15) is 0 Å². The van der Waals surface area contributed by atoms with E-state index in [1.54, 1.807) is 0 Å². The Kier molecular flexibility index (Phi) is 10.0. The van der Waals surface area contributed by atoms with Gasteiger partial charge in [0.2, 0.25) is 11.8 Å². The molecule has 0 bridgehead atoms. The van der Waals surface area contributed by atoms with Gasteiger partial charge in [-0.1, -0.05) is 36.2 Å². The molecule has 0 rings (SSSR count). The Morgan fingerprint density at radius 2 is 1.72 bits per heavy atom. The van der Waals surface area contributed by atoms with Gasteiger partial charge in [-0.05, 0) is 25.7 Å². The summed E-state index contributed by atoms with van der Waals surface area (Å²) in [6.07, 6.45) is 3.34. The molecule has 0 aliphatic carbocycles. The fourth-order valence-corrected chi connectivity index (χ4v) is 1.55. The molecule has 0 spiro atoms. The number of carbonyl (C=O) groups is 2. The van der Waals surface area contributed by atoms with Crippen LogP contribution in [0.25, 0.3) is 0 Å². The molecule has 0 saturated carbocycles. The van der Waals surface area contributed by atoms with Gasteiger partial charge in [0, 0.05) is 19.0 Å². The molecular formula is C13H25BrN2O2. The molecule has 1 unspecified atom stereocenters. The lowest BCUT2D eigenvalue weighted by Gasteiger charge is -2.17. The van der Waals surface area contributed by atoms with Crippen LogP contribution in [0, 0.1) is 5.92 Å². The standard InChI is InChI=1S/C13H25BrN2O2/c1-10(2)11(3)16-12(17)7-5-4-6-8-15-13(18)9-14/h10-11H,4-9H2,1-3H3,(H,15,18)(H,16,17). The molecule has 0 radical (unpaired) electrons. The maximum Gasteiger partial charge on any atom is 0.230 e. The molecule has 4 nitrogen and oxygen atoms in total. The molecule has 0 heterocycles. The van der Waals surface area contributed by atoms with Crippen LogP contribution in [0.4, 0.5) is 0 Å². The van der Waals surface area contributed by atoms with Gasteiger partial charge >= 0.3 is 0 Å². The third-order valence-electron chi connectivity index (χ3n) is 2.91. The predicted octanol–water partition coefficient (Wildman–Crippen LogP) is 2.22. The van der Waals surface area contributed by atoms with Crippen molar-refractivity contribution in [3.05, 3.63) is 0 Å². The van der Waals surface area contributed by atoms with Crippen molar-refractivity contribution in [3.63, 3.8) is 0 Å². The maximum atomic E-state index is 11.6. The molecule has 1 atom stereocenters. The second-order valence-electron chi connectivity index (χ2n) is 4.89. The van der Waals surface area contributed by atoms with Gasteiger partial charge < -0.3 is 10.6 Å². The Hall–Kier alpha value is -0.580. The molecule has 0 aliphatic rings. The summed E-state index contributed by atoms with van der Waals surface area (Å²) < 4.78 is 0. The first-order chi connectivity index (χ1) is 8.47. The SMILES string of the molecule is CC(C)C(C)NC(=O)CCCCCNC(=O)CBr. The zero-order valence-electron chi connectivity index (χ0n) is 11.6. The number of rotatable bonds is 9. The van der Waals surface area contributed by atoms with Crippen molar-refractivity contribution < 1.29 is 9.59 Å². The molecule has 0 aromatic heterocycles. The Morgan fingerprint density at radius 1 is 1.06 bits per heavy atom. The zero-order chi connectivity index (χ0) is 14.0. The number of hydrogen-bond donors (Lipinski definition) is 2. The van der Waals surface area contributed by atoms with Crippen LogP contribution >= 0.6 is 15.9 Å². The molecular weight excluding hydrogens is 296 g/mol. The van der Waals surface area contributed by atoms with Gasteiger partial charge in [0.05, 0.1) is 5.33 Å². The van der Waals surface area contributed by atoms with Crippen molar-refractivity contribution in [2.45, 2.75) is 52.5 Å². The molecule has 2 N–H and O–H groups in total. The van der Waals surface area contributed by atoms with Crippen molar-refractivity contribution in [2.24, 2.45) is 5.92 Å². The van der Waals surface area contributed by atoms with E-state index in [0.29, 0.717) is 24.2 Å². The summed E-state index contributed by atoms with van der Waals surface area (Å²) in [5.74, 6) is 0.604. The van der Waals surface area contributed by atoms with E-state index < -0.39 is 0 Å². The minimum absolute atomic E-state index is 0.0125. The van der Waals surface area contributed by atoms with Crippen LogP contribution < -0.4 is 10.6 Å². The summed E-state index contributed by atoms with van der Waals surface area (Å²) in [7, 11) is 0. The molecule has 106 valence electrons. The first-order valence-electron chi connectivity index (χ1n) is 6.59. The van der Waals surface area contributed by atoms with E-state index in [2.05, 4.69) is 40.4 Å². The van der Waals surface area contributed by atoms with Crippen LogP contribution in [0.2, 0.25) is 0 Å². The normalized spacial score (nSPS) is 12.3. The summed E-state index contributed by atoms with van der Waals surface area (Å²) in [6, 6.07) is 0.232. The third kappa shape index (κ3) is 9.45. The van der Waals surface area contributed by atoms with Crippen molar-refractivity contribution in [1.82, 2.24) is 10.6 Å². The number of unbranched alkanes of at least 4 members (excludes halogenated alkanes) is 2. The summed E-state index contributed by atoms with van der Waals surface area (Å²) in [5, 5.41) is 6.11. The highest BCUT2D eigenvalue weighted by Gasteiger charge is 2.09. The molecule has 0 aromatic carbocycles. The molecule has 18 heavy (non-hydrogen) atoms. The lowest BCUT2D eigenvalue weighted by molar-refractivity contribution is -0.122. The van der Waals surface area contributed by atoms with E-state index in [9.17, 15) is 9.59 Å². The van der Waals surface area contributed by atoms with Crippen LogP contribution in [0.3, 0.4) is 0 Å². The number of carbonyl (C=O) groups excluding carboxylic acids is 2. The number of amides is 2. The molecule has 0 fully saturated rings. The Labute approximate surface area is 118 Å². The Balaban J connectivity index is 3.44. The number of hydrogen-bond acceptors (Lipinski definition) is 2. The van der Waals surface area contributed by atoms with Gasteiger partial charge in [-0.25, -0.2) is 0 Å². The summed E-state index contributed by atoms with van der Waals surface area (Å²) in [4.78, 5) is 22.5. The second-order valence-corrected chi connectivity index (χ2v) is 5.46. The lowest BCUT2D eigenvalue weighted by atomic mass is 10.1. The minimum Gasteiger partial charge on any atom is -0.355 e. The van der Waals surface area contributed by atoms with Crippen molar-refractivity contribution >= 4 is 27.7 Å². The monoisotopic (exact) mass is 320 g/mol. The predicted molar refractivity (Wildman–Crippen MR) is 77.7 cm³/mol. The molecule has 2 amide bonds. The second kappa shape index (κ2) is 10.4. The fourth-order valence-electron chi connectivity index (χ4n) is 1.36. The average Bonchev–Trinajstić information content (AvgIpc) is 2.32. The molecule has 0 aliphatic heterocycles. The summed E-state index contributed by atoms with van der Waals surface area (Å²) in [5.41, 5.74) is 0. The van der Waals surface area contributed by atoms with E-state index in [4.69, 9.17) is 0 Å². The van der Waals surface area contributed by atoms with E-state index in [-0.39, 0.29) is 17.9 Å². The number of nitrogens with one attached hydrogen (secondary N) is 2. The topological polar surface area (TPSA) is 58.2 Å². The van der Waals surface area contributed by atoms with Crippen LogP contribution in [-0.2, 0) is 9.59 Å². The van der Waals surface area contributed by atoms with E-state index in [1.807, 2.05) is 6.92 Å². The van der Waals surface area contributed by atoms with E-state index >= 15 is 0 Å². The average molecular weight is 321 g/mol. The van der Waals surface area contributed by atoms with Gasteiger partial charge in [-0.15, -0.1) is 0 Å². The Bertz CT molecular complexity index is 257. The van der Waals surface area contributed by atoms with E-state index in [0.717, 1.165) is 19.3 Å². The Morgan fingerprint density at radius 3 is 2.28 bits per heavy atom. The van der Waals surface area contributed by atoms with Crippen molar-refractivity contribution in [3.8, 4) is 0 Å². The minimum atomic E-state index is 0.0125. The highest BCUT2D eigenvalue weighted by Crippen LogP contribution is 2.03. The molecule has 0 saturated heterocycles. The first-order valence-corrected chi connectivity index (χ1v) is 7.71. The fraction of sp³-hybridized carbons (Fsp3) is 0.846. The number of alkyl halides is 1. The van der Waals surface area contributed by atoms with Gasteiger partial charge in [0.25, 0.3) is 0 Å². The van der Waals surface area contributed by atoms with Crippen LogP contribution in [0.15, 0.2) is 0 Å². The van der Waals surface area contributed by atoms with Crippen molar-refractivity contribution in [2.75, 3.05) is 11.9 Å². The van der Waals surface area contributed by atoms with Crippen molar-refractivity contribution in [1.29, 1.82) is 0 Å². The quantitative estimate of drug-likeness (QED) is 0.505. The van der Waals surface area contributed by atoms with E-state index in [1.165, 1.54) is 0 Å². The lowest BCUT2D eigenvalue weighted by Crippen LogP contribution is -2.35. The smallest absolute Gasteiger partial charge is 0.230 e. The van der Waals surface area contributed by atoms with Gasteiger partial charge in [0.1, 0.15) is 0 Å². The number of halogens is 1. The third-order valence-corrected chi connectivity index (χ3v) is 3.42. The van der Waals surface area contributed by atoms with Gasteiger partial charge in [-0.3, -0.25) is 9.59 Å². The maximum absolute atomic E-state index is 11.6. The first kappa shape index (κ1) is 17.4. The van der Waals surface area contributed by atoms with Crippen LogP contribution in [0.1, 0.15) is 46.5 Å². The highest BCUT2D eigenvalue weighted by molar-refractivity contribution is 9.09. The molecule has 5 heteroatoms. The van der Waals surface area contributed by atoms with Crippen LogP contribution in [-0.4, -0.2) is 29.7 Å². The van der Waals surface area contributed by atoms with Crippen LogP contribution in [0.5, 0.6) is 0 Å². The highest BCUT2D eigenvalue weighted by atomic mass is 79.9. The zero-order valence-corrected chi connectivity index (χ0v) is 13.2. The summed E-state index contributed by atoms with van der Waals surface area (Å²) in [6.45, 7) is 6.90. The van der Waals surface area contributed by atoms with Gasteiger partial charge in [0.15, 0.2) is 0 Å². The largest absolute Gasteiger partial charge is 0.355 e. The summed E-state index contributed by atoms with van der Waals surface area (Å²) >= 11 is 3.09. The molecule has 0 aromatic rings.